The van der Waals surface area contributed by atoms with E-state index in [1.807, 2.05) is 0 Å². The molecule has 29 heavy (non-hydrogen) atoms. The van der Waals surface area contributed by atoms with Crippen molar-refractivity contribution in [3.05, 3.63) is 82.5 Å². The van der Waals surface area contributed by atoms with Gasteiger partial charge in [0.15, 0.2) is 11.6 Å². The van der Waals surface area contributed by atoms with Crippen molar-refractivity contribution in [1.82, 2.24) is 10.4 Å². The lowest BCUT2D eigenvalue weighted by Crippen LogP contribution is -2.29. The fourth-order valence-corrected chi connectivity index (χ4v) is 2.37. The van der Waals surface area contributed by atoms with E-state index < -0.39 is 23.5 Å². The molecular formula is C19H12ClF2N3O4. The summed E-state index contributed by atoms with van der Waals surface area (Å²) in [6, 6.07) is 9.78. The number of aromatic carboxylic acids is 1. The van der Waals surface area contributed by atoms with Crippen LogP contribution in [-0.2, 0) is 0 Å². The Kier molecular flexibility index (Phi) is 5.89. The maximum Gasteiger partial charge on any atom is 0.335 e. The predicted molar refractivity (Wildman–Crippen MR) is 100 cm³/mol. The number of nitrogens with zero attached hydrogens (tertiary/aromatic N) is 1. The number of nitrogens with one attached hydrogen (secondary N) is 2. The molecule has 0 aliphatic heterocycles. The number of carboxylic acids is 1. The summed E-state index contributed by atoms with van der Waals surface area (Å²) < 4.78 is 31.8. The van der Waals surface area contributed by atoms with Gasteiger partial charge in [0.2, 0.25) is 5.88 Å². The van der Waals surface area contributed by atoms with E-state index in [1.165, 1.54) is 42.6 Å². The number of halogens is 3. The van der Waals surface area contributed by atoms with E-state index in [4.69, 9.17) is 21.4 Å². The van der Waals surface area contributed by atoms with Crippen LogP contribution in [0.4, 0.5) is 14.5 Å². The van der Waals surface area contributed by atoms with Crippen molar-refractivity contribution < 1.29 is 28.2 Å². The third kappa shape index (κ3) is 4.96. The van der Waals surface area contributed by atoms with E-state index in [2.05, 4.69) is 15.8 Å². The second-order valence-electron chi connectivity index (χ2n) is 5.65. The molecule has 3 aromatic rings. The zero-order valence-electron chi connectivity index (χ0n) is 14.4. The van der Waals surface area contributed by atoms with E-state index in [9.17, 15) is 18.4 Å². The van der Waals surface area contributed by atoms with E-state index in [1.54, 1.807) is 0 Å². The number of carbonyl (C=O) groups excluding carboxylic acids is 1. The lowest BCUT2D eigenvalue weighted by Gasteiger charge is -2.12. The second kappa shape index (κ2) is 8.53. The highest BCUT2D eigenvalue weighted by atomic mass is 35.5. The Morgan fingerprint density at radius 2 is 1.76 bits per heavy atom. The number of ether oxygens (including phenoxy) is 1. The molecule has 0 atom stereocenters. The summed E-state index contributed by atoms with van der Waals surface area (Å²) in [4.78, 5) is 27.3. The normalized spacial score (nSPS) is 10.3. The van der Waals surface area contributed by atoms with Crippen LogP contribution >= 0.6 is 11.6 Å². The average molecular weight is 420 g/mol. The Labute approximate surface area is 167 Å². The number of amides is 1. The van der Waals surface area contributed by atoms with E-state index in [0.29, 0.717) is 5.69 Å². The smallest absolute Gasteiger partial charge is 0.335 e. The number of aromatic nitrogens is 1. The van der Waals surface area contributed by atoms with Gasteiger partial charge >= 0.3 is 5.97 Å². The fourth-order valence-electron chi connectivity index (χ4n) is 2.22. The average Bonchev–Trinajstić information content (AvgIpc) is 2.70. The van der Waals surface area contributed by atoms with Gasteiger partial charge in [-0.15, -0.1) is 0 Å². The van der Waals surface area contributed by atoms with Crippen molar-refractivity contribution in [3.63, 3.8) is 0 Å². The van der Waals surface area contributed by atoms with Crippen LogP contribution in [0.15, 0.2) is 54.7 Å². The molecule has 0 spiro atoms. The first kappa shape index (κ1) is 20.0. The quantitative estimate of drug-likeness (QED) is 0.516. The highest BCUT2D eigenvalue weighted by molar-refractivity contribution is 6.30. The Balaban J connectivity index is 1.76. The van der Waals surface area contributed by atoms with Crippen LogP contribution in [0.5, 0.6) is 11.6 Å². The molecule has 0 saturated heterocycles. The molecule has 2 aromatic carbocycles. The van der Waals surface area contributed by atoms with Crippen LogP contribution in [-0.4, -0.2) is 22.0 Å². The number of rotatable bonds is 6. The number of hydrogen-bond donors (Lipinski definition) is 3. The molecule has 3 N–H and O–H groups in total. The molecule has 3 rings (SSSR count). The van der Waals surface area contributed by atoms with Crippen molar-refractivity contribution >= 4 is 29.2 Å². The highest BCUT2D eigenvalue weighted by Gasteiger charge is 2.17. The molecular weight excluding hydrogens is 408 g/mol. The number of carboxylic acid groups (broad SMARTS) is 1. The van der Waals surface area contributed by atoms with Gasteiger partial charge in [0.25, 0.3) is 5.91 Å². The summed E-state index contributed by atoms with van der Waals surface area (Å²) in [6.07, 6.45) is 1.23. The number of anilines is 1. The van der Waals surface area contributed by atoms with Crippen molar-refractivity contribution in [3.8, 4) is 11.6 Å². The van der Waals surface area contributed by atoms with Gasteiger partial charge in [-0.1, -0.05) is 11.6 Å². The highest BCUT2D eigenvalue weighted by Crippen LogP contribution is 2.26. The molecule has 1 heterocycles. The Morgan fingerprint density at radius 1 is 1.03 bits per heavy atom. The van der Waals surface area contributed by atoms with Gasteiger partial charge < -0.3 is 9.84 Å². The zero-order chi connectivity index (χ0) is 21.0. The first-order chi connectivity index (χ1) is 13.8. The number of hydrogen-bond acceptors (Lipinski definition) is 5. The number of benzene rings is 2. The van der Waals surface area contributed by atoms with Gasteiger partial charge in [-0.3, -0.25) is 15.6 Å². The summed E-state index contributed by atoms with van der Waals surface area (Å²) >= 11 is 5.89. The van der Waals surface area contributed by atoms with E-state index in [-0.39, 0.29) is 27.8 Å². The van der Waals surface area contributed by atoms with Gasteiger partial charge in [-0.05, 0) is 42.5 Å². The molecule has 0 unspecified atom stereocenters. The zero-order valence-corrected chi connectivity index (χ0v) is 15.2. The molecule has 0 radical (unpaired) electrons. The topological polar surface area (TPSA) is 101 Å². The lowest BCUT2D eigenvalue weighted by atomic mass is 10.2. The molecule has 7 nitrogen and oxygen atoms in total. The van der Waals surface area contributed by atoms with Crippen molar-refractivity contribution in [2.75, 3.05) is 5.43 Å². The summed E-state index contributed by atoms with van der Waals surface area (Å²) in [6.45, 7) is 0. The summed E-state index contributed by atoms with van der Waals surface area (Å²) in [5, 5.41) is 9.04. The predicted octanol–water partition coefficient (Wildman–Crippen LogP) is 4.26. The lowest BCUT2D eigenvalue weighted by molar-refractivity contribution is 0.0696. The monoisotopic (exact) mass is 419 g/mol. The standard InChI is InChI=1S/C19H12ClF2N3O4/c20-11-7-14(17(26)25-24-12-3-1-10(2-4-12)19(27)28)18(23-9-11)29-13-5-6-15(21)16(22)8-13/h1-9,24H,(H,25,26)(H,27,28). The van der Waals surface area contributed by atoms with Crippen molar-refractivity contribution in [2.24, 2.45) is 0 Å². The van der Waals surface area contributed by atoms with E-state index >= 15 is 0 Å². The Hall–Kier alpha value is -3.72. The number of pyridine rings is 1. The van der Waals surface area contributed by atoms with Crippen LogP contribution in [0.3, 0.4) is 0 Å². The Morgan fingerprint density at radius 3 is 2.41 bits per heavy atom. The molecule has 0 aliphatic rings. The van der Waals surface area contributed by atoms with Gasteiger partial charge in [-0.2, -0.15) is 0 Å². The molecule has 1 aromatic heterocycles. The van der Waals surface area contributed by atoms with Gasteiger partial charge in [0.1, 0.15) is 11.3 Å². The van der Waals surface area contributed by atoms with Crippen LogP contribution in [0.25, 0.3) is 0 Å². The van der Waals surface area contributed by atoms with Crippen LogP contribution in [0.1, 0.15) is 20.7 Å². The molecule has 0 saturated carbocycles. The fraction of sp³-hybridized carbons (Fsp3) is 0. The van der Waals surface area contributed by atoms with Gasteiger partial charge in [-0.25, -0.2) is 18.6 Å². The van der Waals surface area contributed by atoms with E-state index in [0.717, 1.165) is 12.1 Å². The van der Waals surface area contributed by atoms with Crippen LogP contribution in [0, 0.1) is 11.6 Å². The van der Waals surface area contributed by atoms with Crippen LogP contribution in [0.2, 0.25) is 5.02 Å². The van der Waals surface area contributed by atoms with Crippen LogP contribution < -0.4 is 15.6 Å². The molecule has 10 heteroatoms. The number of carbonyl (C=O) groups is 2. The van der Waals surface area contributed by atoms with Crippen molar-refractivity contribution in [1.29, 1.82) is 0 Å². The minimum Gasteiger partial charge on any atom is -0.478 e. The van der Waals surface area contributed by atoms with Gasteiger partial charge in [0, 0.05) is 12.3 Å². The largest absolute Gasteiger partial charge is 0.478 e. The summed E-state index contributed by atoms with van der Waals surface area (Å²) in [7, 11) is 0. The first-order valence-electron chi connectivity index (χ1n) is 8.01. The molecule has 0 aliphatic carbocycles. The second-order valence-corrected chi connectivity index (χ2v) is 6.08. The maximum atomic E-state index is 13.4. The Bertz CT molecular complexity index is 1080. The third-order valence-electron chi connectivity index (χ3n) is 3.62. The maximum absolute atomic E-state index is 13.4. The summed E-state index contributed by atoms with van der Waals surface area (Å²) in [5.74, 6) is -4.16. The van der Waals surface area contributed by atoms with Gasteiger partial charge in [0.05, 0.1) is 16.3 Å². The molecule has 0 bridgehead atoms. The van der Waals surface area contributed by atoms with Crippen molar-refractivity contribution in [2.45, 2.75) is 0 Å². The molecule has 1 amide bonds. The first-order valence-corrected chi connectivity index (χ1v) is 8.39. The minimum absolute atomic E-state index is 0.0648. The summed E-state index contributed by atoms with van der Waals surface area (Å²) in [5.41, 5.74) is 5.43. The molecule has 148 valence electrons. The minimum atomic E-state index is -1.12. The third-order valence-corrected chi connectivity index (χ3v) is 3.83. The SMILES string of the molecule is O=C(O)c1ccc(NNC(=O)c2cc(Cl)cnc2Oc2ccc(F)c(F)c2)cc1. The molecule has 0 fully saturated rings. The number of hydrazine groups is 1.